The van der Waals surface area contributed by atoms with Gasteiger partial charge < -0.3 is 9.31 Å². The predicted molar refractivity (Wildman–Crippen MR) is 78.4 cm³/mol. The van der Waals surface area contributed by atoms with Crippen molar-refractivity contribution >= 4 is 13.2 Å². The van der Waals surface area contributed by atoms with Gasteiger partial charge >= 0.3 is 7.12 Å². The van der Waals surface area contributed by atoms with Crippen LogP contribution in [0.2, 0.25) is 0 Å². The van der Waals surface area contributed by atoms with E-state index in [1.807, 2.05) is 39.7 Å². The van der Waals surface area contributed by atoms with Gasteiger partial charge in [0.1, 0.15) is 0 Å². The van der Waals surface area contributed by atoms with E-state index in [0.717, 1.165) is 5.56 Å². The van der Waals surface area contributed by atoms with Crippen molar-refractivity contribution in [1.29, 1.82) is 0 Å². The summed E-state index contributed by atoms with van der Waals surface area (Å²) in [5.41, 5.74) is 2.42. The summed E-state index contributed by atoms with van der Waals surface area (Å²) in [5, 5.41) is 0. The normalized spacial score (nSPS) is 11.7. The zero-order valence-corrected chi connectivity index (χ0v) is 12.0. The van der Waals surface area contributed by atoms with Crippen LogP contribution in [0, 0.1) is 6.92 Å². The van der Waals surface area contributed by atoms with Crippen molar-refractivity contribution in [3.63, 3.8) is 0 Å². The fourth-order valence-electron chi connectivity index (χ4n) is 1.53. The summed E-state index contributed by atoms with van der Waals surface area (Å²) < 4.78 is 11.4. The smallest absolute Gasteiger partial charge is 0.405 e. The van der Waals surface area contributed by atoms with Gasteiger partial charge in [0.15, 0.2) is 0 Å². The monoisotopic (exact) mass is 246 g/mol. The number of benzene rings is 1. The average Bonchev–Trinajstić information content (AvgIpc) is 2.26. The predicted octanol–water partition coefficient (Wildman–Crippen LogP) is 3.89. The van der Waals surface area contributed by atoms with Gasteiger partial charge in [-0.15, -0.1) is 0 Å². The van der Waals surface area contributed by atoms with Gasteiger partial charge in [-0.1, -0.05) is 41.9 Å². The fraction of sp³-hybridized carbons (Fsp3) is 0.467. The summed E-state index contributed by atoms with van der Waals surface area (Å²) >= 11 is 0. The second-order valence-electron chi connectivity index (χ2n) is 5.01. The van der Waals surface area contributed by atoms with E-state index in [9.17, 15) is 0 Å². The Kier molecular flexibility index (Phi) is 6.16. The lowest BCUT2D eigenvalue weighted by atomic mass is 9.87. The van der Waals surface area contributed by atoms with Crippen LogP contribution in [0.15, 0.2) is 30.2 Å². The highest BCUT2D eigenvalue weighted by Crippen LogP contribution is 2.08. The van der Waals surface area contributed by atoms with Crippen LogP contribution in [0.25, 0.3) is 6.08 Å². The van der Waals surface area contributed by atoms with Crippen LogP contribution >= 0.6 is 0 Å². The number of rotatable bonds is 6. The summed E-state index contributed by atoms with van der Waals surface area (Å²) in [6.45, 7) is 10.1. The summed E-state index contributed by atoms with van der Waals surface area (Å²) in [7, 11) is -0.286. The standard InChI is InChI=1S/C15H23BO2/c1-12(2)17-16(18-13(3)4)11-10-15-8-6-14(5)7-9-15/h6-13H,1-5H3/b11-10+. The van der Waals surface area contributed by atoms with E-state index < -0.39 is 0 Å². The summed E-state index contributed by atoms with van der Waals surface area (Å²) in [6.07, 6.45) is 2.34. The molecule has 0 fully saturated rings. The van der Waals surface area contributed by atoms with E-state index in [4.69, 9.17) is 9.31 Å². The van der Waals surface area contributed by atoms with Crippen molar-refractivity contribution in [2.24, 2.45) is 0 Å². The minimum atomic E-state index is -0.286. The fourth-order valence-corrected chi connectivity index (χ4v) is 1.53. The molecule has 18 heavy (non-hydrogen) atoms. The molecule has 0 bridgehead atoms. The SMILES string of the molecule is Cc1ccc(/C=C/B(OC(C)C)OC(C)C)cc1. The Morgan fingerprint density at radius 3 is 1.89 bits per heavy atom. The molecule has 0 amide bonds. The third kappa shape index (κ3) is 6.03. The van der Waals surface area contributed by atoms with Gasteiger partial charge in [0.25, 0.3) is 0 Å². The van der Waals surface area contributed by atoms with Crippen molar-refractivity contribution in [3.8, 4) is 0 Å². The minimum absolute atomic E-state index is 0.149. The van der Waals surface area contributed by atoms with Crippen molar-refractivity contribution in [3.05, 3.63) is 41.4 Å². The molecule has 0 unspecified atom stereocenters. The molecular formula is C15H23BO2. The quantitative estimate of drug-likeness (QED) is 0.709. The molecular weight excluding hydrogens is 223 g/mol. The van der Waals surface area contributed by atoms with Crippen LogP contribution in [0.4, 0.5) is 0 Å². The van der Waals surface area contributed by atoms with Gasteiger partial charge in [-0.25, -0.2) is 0 Å². The van der Waals surface area contributed by atoms with E-state index in [2.05, 4.69) is 31.2 Å². The van der Waals surface area contributed by atoms with Gasteiger partial charge in [0.2, 0.25) is 0 Å². The molecule has 0 aliphatic carbocycles. The lowest BCUT2D eigenvalue weighted by molar-refractivity contribution is 0.138. The first-order valence-electron chi connectivity index (χ1n) is 6.53. The largest absolute Gasteiger partial charge is 0.486 e. The number of hydrogen-bond acceptors (Lipinski definition) is 2. The maximum absolute atomic E-state index is 5.70. The summed E-state index contributed by atoms with van der Waals surface area (Å²) in [4.78, 5) is 0. The molecule has 1 aromatic carbocycles. The van der Waals surface area contributed by atoms with Crippen LogP contribution in [0.1, 0.15) is 38.8 Å². The van der Waals surface area contributed by atoms with Crippen molar-refractivity contribution in [2.75, 3.05) is 0 Å². The van der Waals surface area contributed by atoms with Crippen LogP contribution in [-0.4, -0.2) is 19.3 Å². The molecule has 1 aromatic rings. The van der Waals surface area contributed by atoms with Gasteiger partial charge in [-0.05, 0) is 40.2 Å². The first kappa shape index (κ1) is 15.0. The van der Waals surface area contributed by atoms with Crippen LogP contribution in [0.3, 0.4) is 0 Å². The molecule has 0 heterocycles. The minimum Gasteiger partial charge on any atom is -0.405 e. The molecule has 0 saturated heterocycles. The third-order valence-corrected chi connectivity index (χ3v) is 2.34. The molecule has 1 rings (SSSR count). The first-order valence-corrected chi connectivity index (χ1v) is 6.53. The van der Waals surface area contributed by atoms with Gasteiger partial charge in [-0.2, -0.15) is 0 Å². The maximum atomic E-state index is 5.70. The van der Waals surface area contributed by atoms with E-state index >= 15 is 0 Å². The molecule has 0 aliphatic rings. The van der Waals surface area contributed by atoms with Crippen molar-refractivity contribution < 1.29 is 9.31 Å². The Bertz CT molecular complexity index is 359. The van der Waals surface area contributed by atoms with Crippen molar-refractivity contribution in [1.82, 2.24) is 0 Å². The maximum Gasteiger partial charge on any atom is 0.486 e. The zero-order valence-electron chi connectivity index (χ0n) is 12.0. The highest BCUT2D eigenvalue weighted by Gasteiger charge is 2.17. The van der Waals surface area contributed by atoms with E-state index in [1.54, 1.807) is 0 Å². The summed E-state index contributed by atoms with van der Waals surface area (Å²) in [5.74, 6) is 1.96. The molecule has 0 N–H and O–H groups in total. The van der Waals surface area contributed by atoms with Crippen molar-refractivity contribution in [2.45, 2.75) is 46.8 Å². The zero-order chi connectivity index (χ0) is 13.5. The van der Waals surface area contributed by atoms with E-state index in [1.165, 1.54) is 5.56 Å². The van der Waals surface area contributed by atoms with Gasteiger partial charge in [0, 0.05) is 12.2 Å². The van der Waals surface area contributed by atoms with Crippen LogP contribution < -0.4 is 0 Å². The Labute approximate surface area is 111 Å². The molecule has 0 aromatic heterocycles. The molecule has 3 heteroatoms. The average molecular weight is 246 g/mol. The molecule has 0 radical (unpaired) electrons. The topological polar surface area (TPSA) is 18.5 Å². The number of hydrogen-bond donors (Lipinski definition) is 0. The Hall–Kier alpha value is -1.06. The molecule has 0 saturated carbocycles. The second-order valence-corrected chi connectivity index (χ2v) is 5.01. The number of aryl methyl sites for hydroxylation is 1. The second kappa shape index (κ2) is 7.40. The molecule has 0 aliphatic heterocycles. The molecule has 0 spiro atoms. The van der Waals surface area contributed by atoms with Crippen LogP contribution in [0.5, 0.6) is 0 Å². The molecule has 98 valence electrons. The highest BCUT2D eigenvalue weighted by atomic mass is 16.6. The summed E-state index contributed by atoms with van der Waals surface area (Å²) in [6, 6.07) is 8.38. The lowest BCUT2D eigenvalue weighted by Gasteiger charge is -2.16. The van der Waals surface area contributed by atoms with E-state index in [0.29, 0.717) is 0 Å². The lowest BCUT2D eigenvalue weighted by Crippen LogP contribution is -2.27. The third-order valence-electron chi connectivity index (χ3n) is 2.34. The first-order chi connectivity index (χ1) is 8.47. The Morgan fingerprint density at radius 2 is 1.44 bits per heavy atom. The highest BCUT2D eigenvalue weighted by molar-refractivity contribution is 6.51. The van der Waals surface area contributed by atoms with Gasteiger partial charge in [0.05, 0.1) is 0 Å². The van der Waals surface area contributed by atoms with E-state index in [-0.39, 0.29) is 19.3 Å². The molecule has 2 nitrogen and oxygen atoms in total. The Balaban J connectivity index is 2.66. The molecule has 0 atom stereocenters. The Morgan fingerprint density at radius 1 is 0.944 bits per heavy atom. The van der Waals surface area contributed by atoms with Gasteiger partial charge in [-0.3, -0.25) is 0 Å². The van der Waals surface area contributed by atoms with Crippen LogP contribution in [-0.2, 0) is 9.31 Å².